The number of hydrogen-bond acceptors (Lipinski definition) is 6. The Kier molecular flexibility index (Phi) is 4.33. The summed E-state index contributed by atoms with van der Waals surface area (Å²) in [6.45, 7) is 6.13. The van der Waals surface area contributed by atoms with Gasteiger partial charge in [-0.25, -0.2) is 9.67 Å². The van der Waals surface area contributed by atoms with Crippen molar-refractivity contribution in [3.8, 4) is 0 Å². The third kappa shape index (κ3) is 2.94. The predicted molar refractivity (Wildman–Crippen MR) is 81.8 cm³/mol. The van der Waals surface area contributed by atoms with Crippen molar-refractivity contribution in [2.75, 3.05) is 20.3 Å². The van der Waals surface area contributed by atoms with Crippen LogP contribution in [0.5, 0.6) is 0 Å². The number of aryl methyl sites for hydroxylation is 2. The molecule has 8 nitrogen and oxygen atoms in total. The van der Waals surface area contributed by atoms with Gasteiger partial charge in [0, 0.05) is 32.3 Å². The second-order valence-corrected chi connectivity index (χ2v) is 5.62. The number of methoxy groups -OCH3 is 1. The highest BCUT2D eigenvalue weighted by atomic mass is 16.5. The second kappa shape index (κ2) is 6.41. The zero-order chi connectivity index (χ0) is 16.4. The first-order chi connectivity index (χ1) is 11.1. The molecule has 0 fully saturated rings. The SMILES string of the molecule is CCn1nnc2c1[C@H](COC)CN(C(=O)c1cnc(C)cn1)C2. The van der Waals surface area contributed by atoms with E-state index in [0.29, 0.717) is 25.4 Å². The Bertz CT molecular complexity index is 696. The third-order valence-electron chi connectivity index (χ3n) is 3.97. The zero-order valence-electron chi connectivity index (χ0n) is 13.6. The van der Waals surface area contributed by atoms with Gasteiger partial charge in [0.05, 0.1) is 30.7 Å². The van der Waals surface area contributed by atoms with Crippen LogP contribution in [0.4, 0.5) is 0 Å². The number of fused-ring (bicyclic) bond motifs is 1. The molecule has 0 radical (unpaired) electrons. The molecule has 0 saturated heterocycles. The maximum absolute atomic E-state index is 12.7. The molecular formula is C15H20N6O2. The Morgan fingerprint density at radius 2 is 2.22 bits per heavy atom. The van der Waals surface area contributed by atoms with Crippen molar-refractivity contribution in [1.29, 1.82) is 0 Å². The zero-order valence-corrected chi connectivity index (χ0v) is 13.6. The van der Waals surface area contributed by atoms with Gasteiger partial charge in [-0.2, -0.15) is 0 Å². The summed E-state index contributed by atoms with van der Waals surface area (Å²) in [5.41, 5.74) is 3.02. The van der Waals surface area contributed by atoms with Crippen LogP contribution in [-0.4, -0.2) is 56.0 Å². The summed E-state index contributed by atoms with van der Waals surface area (Å²) in [4.78, 5) is 22.7. The van der Waals surface area contributed by atoms with Crippen LogP contribution < -0.4 is 0 Å². The minimum atomic E-state index is -0.143. The van der Waals surface area contributed by atoms with Crippen molar-refractivity contribution in [1.82, 2.24) is 29.9 Å². The summed E-state index contributed by atoms with van der Waals surface area (Å²) in [6.07, 6.45) is 3.12. The van der Waals surface area contributed by atoms with Gasteiger partial charge >= 0.3 is 0 Å². The molecule has 1 aliphatic heterocycles. The van der Waals surface area contributed by atoms with Crippen molar-refractivity contribution in [2.24, 2.45) is 0 Å². The van der Waals surface area contributed by atoms with Gasteiger partial charge in [0.25, 0.3) is 5.91 Å². The second-order valence-electron chi connectivity index (χ2n) is 5.62. The van der Waals surface area contributed by atoms with E-state index >= 15 is 0 Å². The first-order valence-corrected chi connectivity index (χ1v) is 7.63. The van der Waals surface area contributed by atoms with Gasteiger partial charge in [-0.3, -0.25) is 9.78 Å². The number of carbonyl (C=O) groups is 1. The van der Waals surface area contributed by atoms with Crippen LogP contribution >= 0.6 is 0 Å². The van der Waals surface area contributed by atoms with E-state index in [1.54, 1.807) is 18.2 Å². The number of rotatable bonds is 4. The highest BCUT2D eigenvalue weighted by molar-refractivity contribution is 5.92. The van der Waals surface area contributed by atoms with Crippen molar-refractivity contribution in [3.05, 3.63) is 35.2 Å². The summed E-state index contributed by atoms with van der Waals surface area (Å²) >= 11 is 0. The van der Waals surface area contributed by atoms with Crippen LogP contribution in [0.3, 0.4) is 0 Å². The summed E-state index contributed by atoms with van der Waals surface area (Å²) in [5.74, 6) is -0.0867. The van der Waals surface area contributed by atoms with E-state index < -0.39 is 0 Å². The monoisotopic (exact) mass is 316 g/mol. The first-order valence-electron chi connectivity index (χ1n) is 7.63. The number of carbonyl (C=O) groups excluding carboxylic acids is 1. The molecule has 122 valence electrons. The van der Waals surface area contributed by atoms with E-state index in [1.165, 1.54) is 6.20 Å². The third-order valence-corrected chi connectivity index (χ3v) is 3.97. The largest absolute Gasteiger partial charge is 0.384 e. The lowest BCUT2D eigenvalue weighted by atomic mass is 9.98. The van der Waals surface area contributed by atoms with Crippen molar-refractivity contribution in [2.45, 2.75) is 32.9 Å². The van der Waals surface area contributed by atoms with Crippen LogP contribution in [0.25, 0.3) is 0 Å². The summed E-state index contributed by atoms with van der Waals surface area (Å²) in [7, 11) is 1.66. The van der Waals surface area contributed by atoms with E-state index in [-0.39, 0.29) is 11.8 Å². The molecular weight excluding hydrogens is 296 g/mol. The van der Waals surface area contributed by atoms with Crippen LogP contribution in [0.2, 0.25) is 0 Å². The molecule has 2 aromatic heterocycles. The van der Waals surface area contributed by atoms with Gasteiger partial charge in [-0.1, -0.05) is 5.21 Å². The molecule has 8 heteroatoms. The van der Waals surface area contributed by atoms with E-state index in [0.717, 1.165) is 23.6 Å². The summed E-state index contributed by atoms with van der Waals surface area (Å²) in [6, 6.07) is 0. The van der Waals surface area contributed by atoms with Crippen molar-refractivity contribution in [3.63, 3.8) is 0 Å². The molecule has 0 bridgehead atoms. The highest BCUT2D eigenvalue weighted by Gasteiger charge is 2.33. The Hall–Kier alpha value is -2.35. The maximum Gasteiger partial charge on any atom is 0.274 e. The van der Waals surface area contributed by atoms with Gasteiger partial charge in [-0.15, -0.1) is 5.10 Å². The standard InChI is InChI=1S/C15H20N6O2/c1-4-21-14-11(9-23-3)7-20(8-13(14)18-19-21)15(22)12-6-16-10(2)5-17-12/h5-6,11H,4,7-9H2,1-3H3/t11-/m0/s1. The van der Waals surface area contributed by atoms with Crippen LogP contribution in [0.15, 0.2) is 12.4 Å². The quantitative estimate of drug-likeness (QED) is 0.828. The minimum absolute atomic E-state index is 0.0565. The lowest BCUT2D eigenvalue weighted by molar-refractivity contribution is 0.0666. The Balaban J connectivity index is 1.88. The normalized spacial score (nSPS) is 17.2. The molecule has 23 heavy (non-hydrogen) atoms. The maximum atomic E-state index is 12.7. The fourth-order valence-corrected chi connectivity index (χ4v) is 2.90. The number of aromatic nitrogens is 5. The molecule has 1 amide bonds. The average Bonchev–Trinajstić information content (AvgIpc) is 2.98. The molecule has 3 rings (SSSR count). The molecule has 2 aromatic rings. The van der Waals surface area contributed by atoms with Crippen LogP contribution in [0.1, 0.15) is 40.4 Å². The first kappa shape index (κ1) is 15.5. The Morgan fingerprint density at radius 1 is 1.39 bits per heavy atom. The molecule has 0 saturated carbocycles. The van der Waals surface area contributed by atoms with Crippen molar-refractivity contribution >= 4 is 5.91 Å². The van der Waals surface area contributed by atoms with Gasteiger partial charge in [0.15, 0.2) is 0 Å². The van der Waals surface area contributed by atoms with Gasteiger partial charge < -0.3 is 9.64 Å². The number of ether oxygens (including phenoxy) is 1. The number of amides is 1. The molecule has 0 unspecified atom stereocenters. The van der Waals surface area contributed by atoms with Gasteiger partial charge in [0.1, 0.15) is 11.4 Å². The van der Waals surface area contributed by atoms with E-state index in [2.05, 4.69) is 20.3 Å². The molecule has 3 heterocycles. The lowest BCUT2D eigenvalue weighted by Crippen LogP contribution is -2.40. The fourth-order valence-electron chi connectivity index (χ4n) is 2.90. The number of nitrogens with zero attached hydrogens (tertiary/aromatic N) is 6. The fraction of sp³-hybridized carbons (Fsp3) is 0.533. The molecule has 0 aromatic carbocycles. The molecule has 0 aliphatic carbocycles. The number of hydrogen-bond donors (Lipinski definition) is 0. The Morgan fingerprint density at radius 3 is 2.87 bits per heavy atom. The molecule has 1 aliphatic rings. The summed E-state index contributed by atoms with van der Waals surface area (Å²) in [5, 5.41) is 8.40. The highest BCUT2D eigenvalue weighted by Crippen LogP contribution is 2.28. The van der Waals surface area contributed by atoms with Gasteiger partial charge in [0.2, 0.25) is 0 Å². The predicted octanol–water partition coefficient (Wildman–Crippen LogP) is 0.782. The Labute approximate surface area is 134 Å². The van der Waals surface area contributed by atoms with E-state index in [1.807, 2.05) is 18.5 Å². The van der Waals surface area contributed by atoms with Gasteiger partial charge in [-0.05, 0) is 13.8 Å². The van der Waals surface area contributed by atoms with Crippen LogP contribution in [-0.2, 0) is 17.8 Å². The summed E-state index contributed by atoms with van der Waals surface area (Å²) < 4.78 is 7.20. The average molecular weight is 316 g/mol. The molecule has 0 spiro atoms. The minimum Gasteiger partial charge on any atom is -0.384 e. The topological polar surface area (TPSA) is 86.0 Å². The van der Waals surface area contributed by atoms with E-state index in [4.69, 9.17) is 4.74 Å². The van der Waals surface area contributed by atoms with E-state index in [9.17, 15) is 4.79 Å². The molecule has 1 atom stereocenters. The lowest BCUT2D eigenvalue weighted by Gasteiger charge is -2.31. The molecule has 0 N–H and O–H groups in total. The van der Waals surface area contributed by atoms with Crippen LogP contribution in [0, 0.1) is 6.92 Å². The smallest absolute Gasteiger partial charge is 0.274 e. The van der Waals surface area contributed by atoms with Crippen molar-refractivity contribution < 1.29 is 9.53 Å².